The van der Waals surface area contributed by atoms with Gasteiger partial charge in [-0.25, -0.2) is 0 Å². The summed E-state index contributed by atoms with van der Waals surface area (Å²) >= 11 is 0. The largest absolute Gasteiger partial charge is 0.371 e. The molecule has 1 heterocycles. The smallest absolute Gasteiger partial charge is 0.0368 e. The first-order valence-electron chi connectivity index (χ1n) is 6.31. The SMILES string of the molecule is Cc1cccc(N2CCCCC(CN)C2)c1. The Balaban J connectivity index is 2.12. The van der Waals surface area contributed by atoms with E-state index in [1.54, 1.807) is 0 Å². The summed E-state index contributed by atoms with van der Waals surface area (Å²) in [5.41, 5.74) is 8.52. The number of aryl methyl sites for hydroxylation is 1. The van der Waals surface area contributed by atoms with Crippen molar-refractivity contribution in [1.82, 2.24) is 0 Å². The maximum Gasteiger partial charge on any atom is 0.0368 e. The molecule has 1 aliphatic heterocycles. The highest BCUT2D eigenvalue weighted by atomic mass is 15.1. The molecule has 16 heavy (non-hydrogen) atoms. The van der Waals surface area contributed by atoms with E-state index >= 15 is 0 Å². The molecular formula is C14H22N2. The molecule has 2 nitrogen and oxygen atoms in total. The second-order valence-corrected chi connectivity index (χ2v) is 4.88. The first-order valence-corrected chi connectivity index (χ1v) is 6.31. The van der Waals surface area contributed by atoms with Crippen molar-refractivity contribution in [2.24, 2.45) is 11.7 Å². The van der Waals surface area contributed by atoms with Crippen molar-refractivity contribution in [3.05, 3.63) is 29.8 Å². The van der Waals surface area contributed by atoms with E-state index in [0.717, 1.165) is 13.1 Å². The van der Waals surface area contributed by atoms with Gasteiger partial charge in [0.2, 0.25) is 0 Å². The van der Waals surface area contributed by atoms with Crippen LogP contribution in [-0.4, -0.2) is 19.6 Å². The fourth-order valence-corrected chi connectivity index (χ4v) is 2.48. The maximum absolute atomic E-state index is 5.82. The highest BCUT2D eigenvalue weighted by Crippen LogP contribution is 2.22. The monoisotopic (exact) mass is 218 g/mol. The molecule has 88 valence electrons. The van der Waals surface area contributed by atoms with Crippen LogP contribution in [0, 0.1) is 12.8 Å². The molecule has 0 aliphatic carbocycles. The van der Waals surface area contributed by atoms with Gasteiger partial charge in [-0.15, -0.1) is 0 Å². The summed E-state index contributed by atoms with van der Waals surface area (Å²) in [7, 11) is 0. The van der Waals surface area contributed by atoms with Gasteiger partial charge in [0.1, 0.15) is 0 Å². The van der Waals surface area contributed by atoms with Crippen molar-refractivity contribution in [2.45, 2.75) is 26.2 Å². The van der Waals surface area contributed by atoms with Crippen LogP contribution in [0.5, 0.6) is 0 Å². The summed E-state index contributed by atoms with van der Waals surface area (Å²) in [6.45, 7) is 5.28. The summed E-state index contributed by atoms with van der Waals surface area (Å²) in [5, 5.41) is 0. The summed E-state index contributed by atoms with van der Waals surface area (Å²) in [5.74, 6) is 0.669. The van der Waals surface area contributed by atoms with Gasteiger partial charge < -0.3 is 10.6 Å². The van der Waals surface area contributed by atoms with Gasteiger partial charge in [-0.05, 0) is 49.9 Å². The van der Waals surface area contributed by atoms with E-state index in [1.165, 1.54) is 37.1 Å². The number of anilines is 1. The lowest BCUT2D eigenvalue weighted by Crippen LogP contribution is -2.31. The molecule has 0 amide bonds. The minimum absolute atomic E-state index is 0.669. The lowest BCUT2D eigenvalue weighted by molar-refractivity contribution is 0.508. The molecule has 1 aliphatic rings. The molecule has 2 rings (SSSR count). The van der Waals surface area contributed by atoms with Gasteiger partial charge in [0.05, 0.1) is 0 Å². The molecule has 1 saturated heterocycles. The van der Waals surface area contributed by atoms with E-state index in [-0.39, 0.29) is 0 Å². The molecule has 1 unspecified atom stereocenters. The Morgan fingerprint density at radius 2 is 2.25 bits per heavy atom. The third-order valence-electron chi connectivity index (χ3n) is 3.47. The fourth-order valence-electron chi connectivity index (χ4n) is 2.48. The first kappa shape index (κ1) is 11.5. The number of nitrogens with zero attached hydrogens (tertiary/aromatic N) is 1. The Hall–Kier alpha value is -1.02. The Bertz CT molecular complexity index is 335. The Kier molecular flexibility index (Phi) is 3.83. The minimum Gasteiger partial charge on any atom is -0.371 e. The van der Waals surface area contributed by atoms with Crippen molar-refractivity contribution in [3.63, 3.8) is 0 Å². The molecule has 0 spiro atoms. The highest BCUT2D eigenvalue weighted by Gasteiger charge is 2.17. The summed E-state index contributed by atoms with van der Waals surface area (Å²) < 4.78 is 0. The molecule has 0 radical (unpaired) electrons. The van der Waals surface area contributed by atoms with Crippen LogP contribution in [0.4, 0.5) is 5.69 Å². The van der Waals surface area contributed by atoms with Gasteiger partial charge in [0, 0.05) is 18.8 Å². The number of hydrogen-bond donors (Lipinski definition) is 1. The molecule has 0 bridgehead atoms. The van der Waals surface area contributed by atoms with Gasteiger partial charge >= 0.3 is 0 Å². The molecule has 1 atom stereocenters. The predicted octanol–water partition coefficient (Wildman–Crippen LogP) is 2.56. The summed E-state index contributed by atoms with van der Waals surface area (Å²) in [6, 6.07) is 8.79. The standard InChI is InChI=1S/C14H22N2/c1-12-5-4-7-14(9-12)16-8-3-2-6-13(10-15)11-16/h4-5,7,9,13H,2-3,6,8,10-11,15H2,1H3. The highest BCUT2D eigenvalue weighted by molar-refractivity contribution is 5.48. The van der Waals surface area contributed by atoms with Crippen molar-refractivity contribution in [3.8, 4) is 0 Å². The van der Waals surface area contributed by atoms with Crippen LogP contribution in [0.15, 0.2) is 24.3 Å². The second kappa shape index (κ2) is 5.35. The van der Waals surface area contributed by atoms with E-state index in [1.807, 2.05) is 0 Å². The molecule has 0 aromatic heterocycles. The third-order valence-corrected chi connectivity index (χ3v) is 3.47. The van der Waals surface area contributed by atoms with E-state index in [9.17, 15) is 0 Å². The van der Waals surface area contributed by atoms with Gasteiger partial charge in [0.25, 0.3) is 0 Å². The van der Waals surface area contributed by atoms with Gasteiger partial charge in [-0.3, -0.25) is 0 Å². The average molecular weight is 218 g/mol. The molecule has 1 fully saturated rings. The van der Waals surface area contributed by atoms with Crippen LogP contribution in [0.3, 0.4) is 0 Å². The van der Waals surface area contributed by atoms with Gasteiger partial charge in [0.15, 0.2) is 0 Å². The fraction of sp³-hybridized carbons (Fsp3) is 0.571. The number of rotatable bonds is 2. The molecular weight excluding hydrogens is 196 g/mol. The van der Waals surface area contributed by atoms with E-state index in [4.69, 9.17) is 5.73 Å². The van der Waals surface area contributed by atoms with E-state index in [0.29, 0.717) is 5.92 Å². The number of benzene rings is 1. The first-order chi connectivity index (χ1) is 7.79. The van der Waals surface area contributed by atoms with Crippen LogP contribution in [0.2, 0.25) is 0 Å². The molecule has 1 aromatic rings. The molecule has 2 heteroatoms. The summed E-state index contributed by atoms with van der Waals surface area (Å²) in [6.07, 6.45) is 3.91. The quantitative estimate of drug-likeness (QED) is 0.826. The maximum atomic E-state index is 5.82. The zero-order valence-electron chi connectivity index (χ0n) is 10.2. The van der Waals surface area contributed by atoms with Crippen molar-refractivity contribution < 1.29 is 0 Å². The zero-order chi connectivity index (χ0) is 11.4. The Labute approximate surface area is 98.4 Å². The Morgan fingerprint density at radius 1 is 1.38 bits per heavy atom. The van der Waals surface area contributed by atoms with E-state index < -0.39 is 0 Å². The third kappa shape index (κ3) is 2.76. The van der Waals surface area contributed by atoms with Crippen molar-refractivity contribution in [2.75, 3.05) is 24.5 Å². The molecule has 1 aromatic carbocycles. The topological polar surface area (TPSA) is 29.3 Å². The van der Waals surface area contributed by atoms with Gasteiger partial charge in [-0.2, -0.15) is 0 Å². The lowest BCUT2D eigenvalue weighted by atomic mass is 10.0. The van der Waals surface area contributed by atoms with Gasteiger partial charge in [-0.1, -0.05) is 18.6 Å². The van der Waals surface area contributed by atoms with E-state index in [2.05, 4.69) is 36.1 Å². The second-order valence-electron chi connectivity index (χ2n) is 4.88. The molecule has 0 saturated carbocycles. The Morgan fingerprint density at radius 3 is 3.00 bits per heavy atom. The normalized spacial score (nSPS) is 21.9. The van der Waals surface area contributed by atoms with Crippen molar-refractivity contribution in [1.29, 1.82) is 0 Å². The molecule has 2 N–H and O–H groups in total. The van der Waals surface area contributed by atoms with Crippen LogP contribution in [0.25, 0.3) is 0 Å². The number of hydrogen-bond acceptors (Lipinski definition) is 2. The lowest BCUT2D eigenvalue weighted by Gasteiger charge is -2.26. The average Bonchev–Trinajstić information content (AvgIpc) is 2.54. The number of nitrogens with two attached hydrogens (primary N) is 1. The van der Waals surface area contributed by atoms with Crippen molar-refractivity contribution >= 4 is 5.69 Å². The van der Waals surface area contributed by atoms with Crippen LogP contribution in [-0.2, 0) is 0 Å². The zero-order valence-corrected chi connectivity index (χ0v) is 10.2. The van der Waals surface area contributed by atoms with Crippen LogP contribution >= 0.6 is 0 Å². The predicted molar refractivity (Wildman–Crippen MR) is 69.8 cm³/mol. The minimum atomic E-state index is 0.669. The van der Waals surface area contributed by atoms with Crippen LogP contribution in [0.1, 0.15) is 24.8 Å². The summed E-state index contributed by atoms with van der Waals surface area (Å²) in [4.78, 5) is 2.50. The van der Waals surface area contributed by atoms with Crippen LogP contribution < -0.4 is 10.6 Å².